The number of aromatic nitrogens is 1. The molecule has 5 rings (SSSR count). The molecule has 0 bridgehead atoms. The Balaban J connectivity index is 1.22. The minimum atomic E-state index is -0.222. The molecule has 0 aliphatic heterocycles. The van der Waals surface area contributed by atoms with E-state index in [0.717, 1.165) is 33.9 Å². The molecule has 5 aromatic rings. The molecule has 0 fully saturated rings. The number of benzene rings is 4. The number of nitrogens with zero attached hydrogens (tertiary/aromatic N) is 1. The number of amides is 1. The fourth-order valence-electron chi connectivity index (χ4n) is 3.91. The summed E-state index contributed by atoms with van der Waals surface area (Å²) in [7, 11) is 0. The minimum Gasteiger partial charge on any atom is -0.484 e. The molecule has 0 unspecified atom stereocenters. The Bertz CT molecular complexity index is 1450. The molecule has 1 N–H and O–H groups in total. The van der Waals surface area contributed by atoms with Gasteiger partial charge in [-0.2, -0.15) is 0 Å². The average Bonchev–Trinajstić information content (AvgIpc) is 3.31. The van der Waals surface area contributed by atoms with Gasteiger partial charge in [0.1, 0.15) is 11.3 Å². The summed E-state index contributed by atoms with van der Waals surface area (Å²) in [6.45, 7) is 4.32. The topological polar surface area (TPSA) is 64.4 Å². The van der Waals surface area contributed by atoms with E-state index >= 15 is 0 Å². The molecule has 1 amide bonds. The van der Waals surface area contributed by atoms with Gasteiger partial charge in [0.2, 0.25) is 5.89 Å². The van der Waals surface area contributed by atoms with Crippen molar-refractivity contribution in [3.63, 3.8) is 0 Å². The third-order valence-electron chi connectivity index (χ3n) is 6.10. The maximum atomic E-state index is 12.4. The van der Waals surface area contributed by atoms with Crippen molar-refractivity contribution < 1.29 is 13.9 Å². The van der Waals surface area contributed by atoms with Crippen LogP contribution in [0.1, 0.15) is 31.7 Å². The van der Waals surface area contributed by atoms with Crippen molar-refractivity contribution in [3.8, 4) is 17.2 Å². The molecule has 0 radical (unpaired) electrons. The van der Waals surface area contributed by atoms with Crippen LogP contribution in [0, 0.1) is 0 Å². The van der Waals surface area contributed by atoms with Gasteiger partial charge in [0.05, 0.1) is 0 Å². The number of ether oxygens (including phenoxy) is 1. The Morgan fingerprint density at radius 2 is 1.76 bits per heavy atom. The maximum absolute atomic E-state index is 12.4. The Kier molecular flexibility index (Phi) is 6.00. The van der Waals surface area contributed by atoms with Crippen LogP contribution in [-0.2, 0) is 4.79 Å². The number of rotatable bonds is 7. The van der Waals surface area contributed by atoms with E-state index in [0.29, 0.717) is 23.2 Å². The highest BCUT2D eigenvalue weighted by molar-refractivity contribution is 5.92. The lowest BCUT2D eigenvalue weighted by atomic mass is 9.98. The highest BCUT2D eigenvalue weighted by Crippen LogP contribution is 2.28. The van der Waals surface area contributed by atoms with Gasteiger partial charge in [-0.3, -0.25) is 4.79 Å². The zero-order chi connectivity index (χ0) is 23.5. The number of nitrogens with one attached hydrogen (secondary N) is 1. The lowest BCUT2D eigenvalue weighted by Crippen LogP contribution is -2.20. The number of oxazole rings is 1. The summed E-state index contributed by atoms with van der Waals surface area (Å²) in [5, 5.41) is 5.07. The first-order chi connectivity index (χ1) is 16.6. The molecular weight excluding hydrogens is 424 g/mol. The minimum absolute atomic E-state index is 0.0657. The van der Waals surface area contributed by atoms with Crippen molar-refractivity contribution in [2.24, 2.45) is 0 Å². The third kappa shape index (κ3) is 4.64. The van der Waals surface area contributed by atoms with E-state index in [2.05, 4.69) is 36.3 Å². The van der Waals surface area contributed by atoms with Crippen LogP contribution in [0.2, 0.25) is 0 Å². The summed E-state index contributed by atoms with van der Waals surface area (Å²) in [5.41, 5.74) is 4.43. The van der Waals surface area contributed by atoms with Crippen LogP contribution in [-0.4, -0.2) is 17.5 Å². The van der Waals surface area contributed by atoms with Crippen molar-refractivity contribution in [1.29, 1.82) is 0 Å². The fourth-order valence-corrected chi connectivity index (χ4v) is 3.91. The summed E-state index contributed by atoms with van der Waals surface area (Å²) in [5.74, 6) is 1.49. The van der Waals surface area contributed by atoms with Crippen LogP contribution >= 0.6 is 0 Å². The first-order valence-electron chi connectivity index (χ1n) is 11.5. The van der Waals surface area contributed by atoms with E-state index in [1.165, 1.54) is 5.56 Å². The smallest absolute Gasteiger partial charge is 0.262 e. The van der Waals surface area contributed by atoms with Crippen molar-refractivity contribution >= 4 is 33.5 Å². The summed E-state index contributed by atoms with van der Waals surface area (Å²) >= 11 is 0. The molecule has 170 valence electrons. The summed E-state index contributed by atoms with van der Waals surface area (Å²) in [6.07, 6.45) is 1.08. The molecule has 5 nitrogen and oxygen atoms in total. The van der Waals surface area contributed by atoms with Crippen molar-refractivity contribution in [3.05, 3.63) is 90.5 Å². The number of anilines is 1. The quantitative estimate of drug-likeness (QED) is 0.285. The van der Waals surface area contributed by atoms with E-state index in [1.807, 2.05) is 72.8 Å². The van der Waals surface area contributed by atoms with Crippen LogP contribution in [0.25, 0.3) is 33.3 Å². The Hall–Kier alpha value is -4.12. The van der Waals surface area contributed by atoms with Crippen LogP contribution in [0.15, 0.2) is 89.3 Å². The third-order valence-corrected chi connectivity index (χ3v) is 6.10. The zero-order valence-corrected chi connectivity index (χ0v) is 19.2. The van der Waals surface area contributed by atoms with Gasteiger partial charge in [-0.1, -0.05) is 50.2 Å². The standard InChI is InChI=1S/C29H26N2O3/c1-3-19(2)22-11-15-27-26(17-22)31-29(34-27)21-8-12-24(13-9-21)30-28(32)18-33-25-14-10-20-6-4-5-7-23(20)16-25/h4-17,19H,3,18H2,1-2H3,(H,30,32)/t19-/m1/s1. The van der Waals surface area contributed by atoms with Gasteiger partial charge in [0.15, 0.2) is 12.2 Å². The van der Waals surface area contributed by atoms with Crippen molar-refractivity contribution in [2.75, 3.05) is 11.9 Å². The first-order valence-corrected chi connectivity index (χ1v) is 11.5. The molecule has 0 saturated carbocycles. The molecule has 4 aromatic carbocycles. The lowest BCUT2D eigenvalue weighted by Gasteiger charge is -2.08. The van der Waals surface area contributed by atoms with E-state index in [4.69, 9.17) is 9.15 Å². The predicted octanol–water partition coefficient (Wildman–Crippen LogP) is 7.18. The van der Waals surface area contributed by atoms with Crippen LogP contribution in [0.3, 0.4) is 0 Å². The normalized spacial score (nSPS) is 12.1. The molecule has 1 aromatic heterocycles. The molecule has 34 heavy (non-hydrogen) atoms. The molecule has 0 aliphatic carbocycles. The van der Waals surface area contributed by atoms with E-state index in [9.17, 15) is 4.79 Å². The first kappa shape index (κ1) is 21.7. The van der Waals surface area contributed by atoms with Gasteiger partial charge in [0, 0.05) is 11.3 Å². The molecule has 1 atom stereocenters. The highest BCUT2D eigenvalue weighted by atomic mass is 16.5. The van der Waals surface area contributed by atoms with E-state index in [1.54, 1.807) is 0 Å². The van der Waals surface area contributed by atoms with Crippen LogP contribution < -0.4 is 10.1 Å². The summed E-state index contributed by atoms with van der Waals surface area (Å²) in [4.78, 5) is 17.0. The molecular formula is C29H26N2O3. The van der Waals surface area contributed by atoms with Gasteiger partial charge in [0.25, 0.3) is 5.91 Å². The van der Waals surface area contributed by atoms with Crippen molar-refractivity contribution in [1.82, 2.24) is 4.98 Å². The van der Waals surface area contributed by atoms with Gasteiger partial charge in [-0.05, 0) is 77.2 Å². The van der Waals surface area contributed by atoms with Crippen LogP contribution in [0.4, 0.5) is 5.69 Å². The van der Waals surface area contributed by atoms with Crippen LogP contribution in [0.5, 0.6) is 5.75 Å². The second-order valence-electron chi connectivity index (χ2n) is 8.48. The number of fused-ring (bicyclic) bond motifs is 2. The Morgan fingerprint density at radius 1 is 0.971 bits per heavy atom. The maximum Gasteiger partial charge on any atom is 0.262 e. The van der Waals surface area contributed by atoms with Gasteiger partial charge < -0.3 is 14.5 Å². The molecule has 0 aliphatic rings. The summed E-state index contributed by atoms with van der Waals surface area (Å²) in [6, 6.07) is 27.5. The van der Waals surface area contributed by atoms with E-state index < -0.39 is 0 Å². The molecule has 1 heterocycles. The number of carbonyl (C=O) groups excluding carboxylic acids is 1. The number of hydrogen-bond acceptors (Lipinski definition) is 4. The SMILES string of the molecule is CC[C@@H](C)c1ccc2oc(-c3ccc(NC(=O)COc4ccc5ccccc5c4)cc3)nc2c1. The zero-order valence-electron chi connectivity index (χ0n) is 19.2. The van der Waals surface area contributed by atoms with Gasteiger partial charge >= 0.3 is 0 Å². The lowest BCUT2D eigenvalue weighted by molar-refractivity contribution is -0.118. The van der Waals surface area contributed by atoms with Gasteiger partial charge in [-0.15, -0.1) is 0 Å². The molecule has 5 heteroatoms. The second kappa shape index (κ2) is 9.40. The second-order valence-corrected chi connectivity index (χ2v) is 8.48. The highest BCUT2D eigenvalue weighted by Gasteiger charge is 2.12. The average molecular weight is 451 g/mol. The largest absolute Gasteiger partial charge is 0.484 e. The predicted molar refractivity (Wildman–Crippen MR) is 136 cm³/mol. The van der Waals surface area contributed by atoms with Crippen molar-refractivity contribution in [2.45, 2.75) is 26.2 Å². The van der Waals surface area contributed by atoms with E-state index in [-0.39, 0.29) is 12.5 Å². The number of hydrogen-bond donors (Lipinski definition) is 1. The summed E-state index contributed by atoms with van der Waals surface area (Å²) < 4.78 is 11.6. The Morgan fingerprint density at radius 3 is 2.56 bits per heavy atom. The number of carbonyl (C=O) groups is 1. The Labute approximate surface area is 198 Å². The molecule has 0 saturated heterocycles. The molecule has 0 spiro atoms. The fraction of sp³-hybridized carbons (Fsp3) is 0.172. The van der Waals surface area contributed by atoms with Gasteiger partial charge in [-0.25, -0.2) is 4.98 Å². The monoisotopic (exact) mass is 450 g/mol.